The van der Waals surface area contributed by atoms with Gasteiger partial charge in [0.05, 0.1) is 5.54 Å². The zero-order valence-electron chi connectivity index (χ0n) is 8.58. The minimum atomic E-state index is -0.328. The number of hydrogen-bond acceptors (Lipinski definition) is 1. The van der Waals surface area contributed by atoms with Gasteiger partial charge < -0.3 is 5.32 Å². The zero-order valence-corrected chi connectivity index (χ0v) is 11.8. The summed E-state index contributed by atoms with van der Waals surface area (Å²) in [6, 6.07) is 0. The van der Waals surface area contributed by atoms with Crippen LogP contribution in [0.3, 0.4) is 0 Å². The molecule has 0 bridgehead atoms. The number of alkyl halides is 2. The minimum Gasteiger partial charge on any atom is -0.349 e. The third-order valence-electron chi connectivity index (χ3n) is 1.69. The normalized spacial score (nSPS) is 12.8. The highest BCUT2D eigenvalue weighted by Gasteiger charge is 2.29. The molecule has 0 unspecified atom stereocenters. The van der Waals surface area contributed by atoms with Crippen molar-refractivity contribution < 1.29 is 4.79 Å². The molecule has 1 amide bonds. The molecule has 2 nitrogen and oxygen atoms in total. The Hall–Kier alpha value is 0.430. The van der Waals surface area contributed by atoms with Gasteiger partial charge in [0.25, 0.3) is 0 Å². The average Bonchev–Trinajstić information content (AvgIpc) is 2.02. The Labute approximate surface area is 97.1 Å². The summed E-state index contributed by atoms with van der Waals surface area (Å²) < 4.78 is 0. The van der Waals surface area contributed by atoms with Gasteiger partial charge in [-0.2, -0.15) is 0 Å². The van der Waals surface area contributed by atoms with Gasteiger partial charge in [0.15, 0.2) is 0 Å². The van der Waals surface area contributed by atoms with Crippen molar-refractivity contribution >= 4 is 37.8 Å². The summed E-state index contributed by atoms with van der Waals surface area (Å²) in [6.45, 7) is 7.72. The molecule has 0 aromatic rings. The predicted molar refractivity (Wildman–Crippen MR) is 63.6 cm³/mol. The van der Waals surface area contributed by atoms with Crippen molar-refractivity contribution in [2.24, 2.45) is 5.41 Å². The second-order valence-electron chi connectivity index (χ2n) is 4.53. The second-order valence-corrected chi connectivity index (χ2v) is 5.65. The van der Waals surface area contributed by atoms with E-state index in [1.807, 2.05) is 27.7 Å². The molecule has 0 saturated carbocycles. The van der Waals surface area contributed by atoms with Crippen LogP contribution < -0.4 is 5.32 Å². The number of hydrogen-bond donors (Lipinski definition) is 1. The van der Waals surface area contributed by atoms with Crippen LogP contribution in [0.5, 0.6) is 0 Å². The van der Waals surface area contributed by atoms with Crippen LogP contribution >= 0.6 is 31.9 Å². The van der Waals surface area contributed by atoms with Crippen molar-refractivity contribution in [3.05, 3.63) is 0 Å². The quantitative estimate of drug-likeness (QED) is 0.797. The fraction of sp³-hybridized carbons (Fsp3) is 0.889. The molecule has 0 aromatic heterocycles. The lowest BCUT2D eigenvalue weighted by Gasteiger charge is -2.30. The van der Waals surface area contributed by atoms with Gasteiger partial charge in [-0.25, -0.2) is 0 Å². The molecule has 0 fully saturated rings. The van der Waals surface area contributed by atoms with Gasteiger partial charge in [-0.3, -0.25) is 4.79 Å². The molecule has 0 aliphatic carbocycles. The smallest absolute Gasteiger partial charge is 0.225 e. The third-order valence-corrected chi connectivity index (χ3v) is 4.16. The number of rotatable bonds is 3. The summed E-state index contributed by atoms with van der Waals surface area (Å²) in [7, 11) is 0. The Morgan fingerprint density at radius 3 is 1.77 bits per heavy atom. The largest absolute Gasteiger partial charge is 0.349 e. The average molecular weight is 315 g/mol. The van der Waals surface area contributed by atoms with E-state index >= 15 is 0 Å². The van der Waals surface area contributed by atoms with Gasteiger partial charge in [0.1, 0.15) is 0 Å². The Morgan fingerprint density at radius 1 is 1.15 bits per heavy atom. The highest BCUT2D eigenvalue weighted by molar-refractivity contribution is 9.09. The first-order chi connectivity index (χ1) is 5.75. The lowest BCUT2D eigenvalue weighted by atomic mass is 9.94. The van der Waals surface area contributed by atoms with Gasteiger partial charge in [0, 0.05) is 16.1 Å². The maximum absolute atomic E-state index is 11.6. The van der Waals surface area contributed by atoms with E-state index in [0.29, 0.717) is 0 Å². The van der Waals surface area contributed by atoms with Crippen LogP contribution in [0, 0.1) is 5.41 Å². The van der Waals surface area contributed by atoms with Crippen LogP contribution in [0.4, 0.5) is 0 Å². The zero-order chi connectivity index (χ0) is 10.7. The summed E-state index contributed by atoms with van der Waals surface area (Å²) in [4.78, 5) is 11.6. The van der Waals surface area contributed by atoms with Crippen molar-refractivity contribution in [2.45, 2.75) is 33.2 Å². The maximum Gasteiger partial charge on any atom is 0.225 e. The highest BCUT2D eigenvalue weighted by Crippen LogP contribution is 2.17. The van der Waals surface area contributed by atoms with E-state index in [9.17, 15) is 4.79 Å². The molecule has 0 rings (SSSR count). The topological polar surface area (TPSA) is 29.1 Å². The van der Waals surface area contributed by atoms with Crippen LogP contribution in [0.1, 0.15) is 27.7 Å². The Morgan fingerprint density at radius 2 is 1.54 bits per heavy atom. The molecule has 0 atom stereocenters. The van der Waals surface area contributed by atoms with E-state index in [4.69, 9.17) is 0 Å². The highest BCUT2D eigenvalue weighted by atomic mass is 79.9. The molecule has 1 N–H and O–H groups in total. The van der Waals surface area contributed by atoms with Crippen LogP contribution in [-0.4, -0.2) is 22.1 Å². The van der Waals surface area contributed by atoms with Crippen LogP contribution in [0.15, 0.2) is 0 Å². The second kappa shape index (κ2) is 4.78. The molecule has 0 spiro atoms. The predicted octanol–water partition coefficient (Wildman–Crippen LogP) is 2.70. The van der Waals surface area contributed by atoms with E-state index in [-0.39, 0.29) is 16.9 Å². The molecule has 0 saturated heterocycles. The fourth-order valence-electron chi connectivity index (χ4n) is 0.564. The Balaban J connectivity index is 4.35. The number of carbonyl (C=O) groups is 1. The molecule has 4 heteroatoms. The first-order valence-electron chi connectivity index (χ1n) is 4.20. The minimum absolute atomic E-state index is 0.0777. The van der Waals surface area contributed by atoms with Gasteiger partial charge >= 0.3 is 0 Å². The van der Waals surface area contributed by atoms with Crippen molar-refractivity contribution in [3.8, 4) is 0 Å². The number of halogens is 2. The Bertz CT molecular complexity index is 183. The third kappa shape index (κ3) is 4.45. The number of carbonyl (C=O) groups excluding carboxylic acids is 1. The monoisotopic (exact) mass is 313 g/mol. The van der Waals surface area contributed by atoms with E-state index in [1.165, 1.54) is 0 Å². The van der Waals surface area contributed by atoms with Gasteiger partial charge in [-0.05, 0) is 6.92 Å². The fourth-order valence-corrected chi connectivity index (χ4v) is 1.77. The lowest BCUT2D eigenvalue weighted by molar-refractivity contribution is -0.129. The van der Waals surface area contributed by atoms with Gasteiger partial charge in [-0.1, -0.05) is 52.6 Å². The summed E-state index contributed by atoms with van der Waals surface area (Å²) in [6.07, 6.45) is 0. The summed E-state index contributed by atoms with van der Waals surface area (Å²) >= 11 is 6.77. The van der Waals surface area contributed by atoms with E-state index < -0.39 is 0 Å². The molecular formula is C9H17Br2NO. The van der Waals surface area contributed by atoms with E-state index in [1.54, 1.807) is 0 Å². The summed E-state index contributed by atoms with van der Waals surface area (Å²) in [5, 5.41) is 4.49. The molecule has 0 aliphatic rings. The van der Waals surface area contributed by atoms with Crippen molar-refractivity contribution in [2.75, 3.05) is 10.7 Å². The molecule has 0 radical (unpaired) electrons. The van der Waals surface area contributed by atoms with E-state index in [0.717, 1.165) is 10.7 Å². The molecule has 0 aromatic carbocycles. The first-order valence-corrected chi connectivity index (χ1v) is 6.44. The van der Waals surface area contributed by atoms with Gasteiger partial charge in [0.2, 0.25) is 5.91 Å². The lowest BCUT2D eigenvalue weighted by Crippen LogP contribution is -2.52. The van der Waals surface area contributed by atoms with Crippen LogP contribution in [-0.2, 0) is 4.79 Å². The molecule has 78 valence electrons. The SMILES string of the molecule is CC(CBr)(CBr)NC(=O)C(C)(C)C. The van der Waals surface area contributed by atoms with E-state index in [2.05, 4.69) is 37.2 Å². The first kappa shape index (κ1) is 13.4. The molecular weight excluding hydrogens is 298 g/mol. The van der Waals surface area contributed by atoms with Gasteiger partial charge in [-0.15, -0.1) is 0 Å². The number of nitrogens with one attached hydrogen (secondary N) is 1. The van der Waals surface area contributed by atoms with Crippen LogP contribution in [0.2, 0.25) is 0 Å². The van der Waals surface area contributed by atoms with Crippen LogP contribution in [0.25, 0.3) is 0 Å². The van der Waals surface area contributed by atoms with Crippen molar-refractivity contribution in [1.29, 1.82) is 0 Å². The summed E-state index contributed by atoms with van der Waals surface area (Å²) in [5.74, 6) is 0.0777. The molecule has 0 aliphatic heterocycles. The van der Waals surface area contributed by atoms with Crippen molar-refractivity contribution in [3.63, 3.8) is 0 Å². The standard InChI is InChI=1S/C9H17Br2NO/c1-8(2,3)7(13)12-9(4,5-10)6-11/h5-6H2,1-4H3,(H,12,13). The maximum atomic E-state index is 11.6. The molecule has 13 heavy (non-hydrogen) atoms. The van der Waals surface area contributed by atoms with Crippen molar-refractivity contribution in [1.82, 2.24) is 5.32 Å². The number of amides is 1. The summed E-state index contributed by atoms with van der Waals surface area (Å²) in [5.41, 5.74) is -0.532. The molecule has 0 heterocycles. The Kier molecular flexibility index (Phi) is 4.94.